The molecule has 0 amide bonds. The average molecular weight is 279 g/mol. The molecule has 20 heavy (non-hydrogen) atoms. The predicted molar refractivity (Wildman–Crippen MR) is 74.3 cm³/mol. The maximum atomic E-state index is 13.7. The number of aromatic nitrogens is 2. The molecule has 3 nitrogen and oxygen atoms in total. The molecule has 108 valence electrons. The van der Waals surface area contributed by atoms with E-state index in [2.05, 4.69) is 10.4 Å². The predicted octanol–water partition coefficient (Wildman–Crippen LogP) is 3.17. The van der Waals surface area contributed by atoms with E-state index in [0.29, 0.717) is 12.1 Å². The lowest BCUT2D eigenvalue weighted by Crippen LogP contribution is -2.20. The fourth-order valence-electron chi connectivity index (χ4n) is 2.29. The van der Waals surface area contributed by atoms with E-state index in [4.69, 9.17) is 0 Å². The Morgan fingerprint density at radius 1 is 1.30 bits per heavy atom. The second-order valence-electron chi connectivity index (χ2n) is 5.02. The van der Waals surface area contributed by atoms with E-state index in [0.717, 1.165) is 23.0 Å². The minimum atomic E-state index is -0.815. The van der Waals surface area contributed by atoms with E-state index in [9.17, 15) is 8.78 Å². The third-order valence-electron chi connectivity index (χ3n) is 3.69. The van der Waals surface area contributed by atoms with E-state index in [1.165, 1.54) is 6.07 Å². The normalized spacial score (nSPS) is 12.7. The molecule has 1 N–H and O–H groups in total. The third kappa shape index (κ3) is 2.72. The van der Waals surface area contributed by atoms with Crippen LogP contribution in [0.25, 0.3) is 0 Å². The first-order valence-electron chi connectivity index (χ1n) is 6.58. The number of nitrogens with zero attached hydrogens (tertiary/aromatic N) is 2. The summed E-state index contributed by atoms with van der Waals surface area (Å²) < 4.78 is 28.7. The van der Waals surface area contributed by atoms with E-state index >= 15 is 0 Å². The molecule has 0 radical (unpaired) electrons. The van der Waals surface area contributed by atoms with Crippen LogP contribution >= 0.6 is 0 Å². The lowest BCUT2D eigenvalue weighted by atomic mass is 10.1. The number of rotatable bonds is 4. The summed E-state index contributed by atoms with van der Waals surface area (Å²) in [6, 6.07) is 3.97. The van der Waals surface area contributed by atoms with Crippen LogP contribution in [0.5, 0.6) is 0 Å². The molecule has 5 heteroatoms. The van der Waals surface area contributed by atoms with Crippen LogP contribution in [0.2, 0.25) is 0 Å². The number of halogens is 2. The van der Waals surface area contributed by atoms with Gasteiger partial charge < -0.3 is 5.32 Å². The number of aryl methyl sites for hydroxylation is 2. The zero-order valence-electron chi connectivity index (χ0n) is 12.2. The highest BCUT2D eigenvalue weighted by atomic mass is 19.2. The molecule has 0 fully saturated rings. The van der Waals surface area contributed by atoms with Gasteiger partial charge in [0.05, 0.1) is 5.69 Å². The minimum Gasteiger partial charge on any atom is -0.306 e. The number of hydrogen-bond donors (Lipinski definition) is 1. The number of hydrogen-bond acceptors (Lipinski definition) is 2. The third-order valence-corrected chi connectivity index (χ3v) is 3.69. The molecule has 0 spiro atoms. The molecule has 1 atom stereocenters. The average Bonchev–Trinajstić information content (AvgIpc) is 2.64. The van der Waals surface area contributed by atoms with Crippen molar-refractivity contribution in [3.8, 4) is 0 Å². The molecular weight excluding hydrogens is 260 g/mol. The standard InChI is InChI=1S/C15H19F2N3/c1-9(12-6-5-7-14(16)15(12)17)18-8-13-10(2)19-20(4)11(13)3/h5-7,9,18H,8H2,1-4H3. The van der Waals surface area contributed by atoms with E-state index in [1.807, 2.05) is 32.5 Å². The van der Waals surface area contributed by atoms with Crippen molar-refractivity contribution in [2.75, 3.05) is 0 Å². The molecule has 1 aromatic carbocycles. The topological polar surface area (TPSA) is 29.9 Å². The summed E-state index contributed by atoms with van der Waals surface area (Å²) in [5.74, 6) is -1.60. The first kappa shape index (κ1) is 14.7. The number of nitrogens with one attached hydrogen (secondary N) is 1. The van der Waals surface area contributed by atoms with Gasteiger partial charge in [-0.3, -0.25) is 4.68 Å². The molecule has 1 aromatic heterocycles. The Hall–Kier alpha value is -1.75. The van der Waals surface area contributed by atoms with Crippen molar-refractivity contribution in [3.05, 3.63) is 52.3 Å². The van der Waals surface area contributed by atoms with Crippen LogP contribution in [-0.2, 0) is 13.6 Å². The van der Waals surface area contributed by atoms with Crippen molar-refractivity contribution in [1.82, 2.24) is 15.1 Å². The van der Waals surface area contributed by atoms with E-state index in [1.54, 1.807) is 6.07 Å². The highest BCUT2D eigenvalue weighted by Gasteiger charge is 2.15. The monoisotopic (exact) mass is 279 g/mol. The molecule has 0 aliphatic heterocycles. The maximum absolute atomic E-state index is 13.7. The summed E-state index contributed by atoms with van der Waals surface area (Å²) in [6.45, 7) is 6.32. The van der Waals surface area contributed by atoms with Gasteiger partial charge in [0.25, 0.3) is 0 Å². The maximum Gasteiger partial charge on any atom is 0.163 e. The molecular formula is C15H19F2N3. The summed E-state index contributed by atoms with van der Waals surface area (Å²) in [6.07, 6.45) is 0. The van der Waals surface area contributed by atoms with Gasteiger partial charge in [0, 0.05) is 36.5 Å². The Labute approximate surface area is 117 Å². The molecule has 0 bridgehead atoms. The molecule has 0 aliphatic carbocycles. The van der Waals surface area contributed by atoms with Gasteiger partial charge in [-0.15, -0.1) is 0 Å². The molecule has 0 saturated heterocycles. The fraction of sp³-hybridized carbons (Fsp3) is 0.400. The zero-order chi connectivity index (χ0) is 14.9. The second kappa shape index (κ2) is 5.71. The quantitative estimate of drug-likeness (QED) is 0.931. The van der Waals surface area contributed by atoms with Crippen LogP contribution < -0.4 is 5.32 Å². The van der Waals surface area contributed by atoms with E-state index < -0.39 is 11.6 Å². The summed E-state index contributed by atoms with van der Waals surface area (Å²) >= 11 is 0. The van der Waals surface area contributed by atoms with Gasteiger partial charge in [-0.2, -0.15) is 5.10 Å². The SMILES string of the molecule is Cc1nn(C)c(C)c1CNC(C)c1cccc(F)c1F. The van der Waals surface area contributed by atoms with Crippen LogP contribution in [0.4, 0.5) is 8.78 Å². The van der Waals surface area contributed by atoms with Crippen LogP contribution in [0.3, 0.4) is 0 Å². The smallest absolute Gasteiger partial charge is 0.163 e. The van der Waals surface area contributed by atoms with Crippen molar-refractivity contribution in [2.45, 2.75) is 33.4 Å². The summed E-state index contributed by atoms with van der Waals surface area (Å²) in [7, 11) is 1.89. The Bertz CT molecular complexity index is 620. The van der Waals surface area contributed by atoms with Gasteiger partial charge in [-0.05, 0) is 26.8 Å². The van der Waals surface area contributed by atoms with Gasteiger partial charge in [-0.25, -0.2) is 8.78 Å². The first-order valence-corrected chi connectivity index (χ1v) is 6.58. The van der Waals surface area contributed by atoms with Crippen LogP contribution in [-0.4, -0.2) is 9.78 Å². The Kier molecular flexibility index (Phi) is 4.18. The highest BCUT2D eigenvalue weighted by molar-refractivity contribution is 5.25. The first-order chi connectivity index (χ1) is 9.41. The second-order valence-corrected chi connectivity index (χ2v) is 5.02. The van der Waals surface area contributed by atoms with Crippen molar-refractivity contribution < 1.29 is 8.78 Å². The molecule has 1 unspecified atom stereocenters. The number of benzene rings is 1. The lowest BCUT2D eigenvalue weighted by molar-refractivity contribution is 0.472. The van der Waals surface area contributed by atoms with Crippen molar-refractivity contribution in [2.24, 2.45) is 7.05 Å². The largest absolute Gasteiger partial charge is 0.306 e. The highest BCUT2D eigenvalue weighted by Crippen LogP contribution is 2.20. The summed E-state index contributed by atoms with van der Waals surface area (Å²) in [5.41, 5.74) is 3.45. The molecule has 2 rings (SSSR count). The van der Waals surface area contributed by atoms with Gasteiger partial charge in [0.15, 0.2) is 11.6 Å². The van der Waals surface area contributed by atoms with Crippen LogP contribution in [0, 0.1) is 25.5 Å². The Morgan fingerprint density at radius 2 is 2.00 bits per heavy atom. The van der Waals surface area contributed by atoms with Crippen LogP contribution in [0.1, 0.15) is 35.5 Å². The Morgan fingerprint density at radius 3 is 2.60 bits per heavy atom. The van der Waals surface area contributed by atoms with Gasteiger partial charge in [0.1, 0.15) is 0 Å². The molecule has 2 aromatic rings. The Balaban J connectivity index is 2.13. The molecule has 0 saturated carbocycles. The van der Waals surface area contributed by atoms with Gasteiger partial charge in [0.2, 0.25) is 0 Å². The van der Waals surface area contributed by atoms with Gasteiger partial charge in [-0.1, -0.05) is 12.1 Å². The van der Waals surface area contributed by atoms with Crippen LogP contribution in [0.15, 0.2) is 18.2 Å². The van der Waals surface area contributed by atoms with Gasteiger partial charge >= 0.3 is 0 Å². The fourth-order valence-corrected chi connectivity index (χ4v) is 2.29. The van der Waals surface area contributed by atoms with Crippen molar-refractivity contribution in [1.29, 1.82) is 0 Å². The minimum absolute atomic E-state index is 0.273. The van der Waals surface area contributed by atoms with E-state index in [-0.39, 0.29) is 6.04 Å². The zero-order valence-corrected chi connectivity index (χ0v) is 12.2. The molecule has 0 aliphatic rings. The summed E-state index contributed by atoms with van der Waals surface area (Å²) in [4.78, 5) is 0. The van der Waals surface area contributed by atoms with Crippen molar-refractivity contribution in [3.63, 3.8) is 0 Å². The van der Waals surface area contributed by atoms with Crippen molar-refractivity contribution >= 4 is 0 Å². The summed E-state index contributed by atoms with van der Waals surface area (Å²) in [5, 5.41) is 7.55. The molecule has 1 heterocycles. The lowest BCUT2D eigenvalue weighted by Gasteiger charge is -2.15.